The maximum Gasteiger partial charge on any atom is 0.293 e. The maximum absolute atomic E-state index is 15.4. The molecule has 67 heavy (non-hydrogen) atoms. The minimum absolute atomic E-state index is 0.0407. The van der Waals surface area contributed by atoms with Gasteiger partial charge in [0.2, 0.25) is 0 Å². The zero-order chi connectivity index (χ0) is 47.1. The summed E-state index contributed by atoms with van der Waals surface area (Å²) in [5, 5.41) is 16.5. The number of benzene rings is 4. The number of hydrogen-bond acceptors (Lipinski definition) is 11. The lowest BCUT2D eigenvalue weighted by Crippen LogP contribution is -2.52. The van der Waals surface area contributed by atoms with Crippen molar-refractivity contribution >= 4 is 61.9 Å². The Morgan fingerprint density at radius 1 is 0.925 bits per heavy atom. The fourth-order valence-electron chi connectivity index (χ4n) is 10.1. The molecule has 2 unspecified atom stereocenters. The molecule has 4 aromatic carbocycles. The number of nitro groups is 1. The number of piperidine rings is 1. The summed E-state index contributed by atoms with van der Waals surface area (Å²) in [7, 11) is -4.48. The van der Waals surface area contributed by atoms with Crippen LogP contribution in [0.3, 0.4) is 0 Å². The minimum atomic E-state index is -4.48. The van der Waals surface area contributed by atoms with Crippen LogP contribution in [0.2, 0.25) is 5.02 Å². The van der Waals surface area contributed by atoms with Gasteiger partial charge in [-0.1, -0.05) is 61.4 Å². The van der Waals surface area contributed by atoms with Crippen LogP contribution in [0.15, 0.2) is 112 Å². The number of anilines is 2. The number of rotatable bonds is 17. The molecule has 0 radical (unpaired) electrons. The summed E-state index contributed by atoms with van der Waals surface area (Å²) in [6.07, 6.45) is 5.92. The Hall–Kier alpha value is -4.51. The fraction of sp³-hybridized carbons (Fsp3) is 0.471. The zero-order valence-electron chi connectivity index (χ0n) is 38.5. The van der Waals surface area contributed by atoms with E-state index in [2.05, 4.69) is 55.6 Å². The number of piperazine rings is 1. The van der Waals surface area contributed by atoms with Crippen molar-refractivity contribution in [1.82, 2.24) is 19.4 Å². The number of carbonyl (C=O) groups is 1. The summed E-state index contributed by atoms with van der Waals surface area (Å²) in [6.45, 7) is 12.6. The second-order valence-corrected chi connectivity index (χ2v) is 22.5. The van der Waals surface area contributed by atoms with Crippen LogP contribution < -0.4 is 14.9 Å². The SMILES string of the molecule is CC1(C)CCC(c2ccc(Cl)cc2)=C(CN2CCN(c3ccc(C(=O)NS(=O)(=O)c4ccc(N[C@H](CCN5CCC(N6CCCC6)C(F)C5)CSc5ccccc5)c([N+](=O)[O-])c4)cc3)CC2)C1. The second-order valence-electron chi connectivity index (χ2n) is 19.3. The third kappa shape index (κ3) is 12.8. The van der Waals surface area contributed by atoms with Gasteiger partial charge in [0.1, 0.15) is 11.9 Å². The molecule has 1 aliphatic carbocycles. The molecule has 3 atom stereocenters. The molecule has 12 nitrogen and oxygen atoms in total. The molecule has 8 rings (SSSR count). The Labute approximate surface area is 404 Å². The average Bonchev–Trinajstić information content (AvgIpc) is 3.86. The number of amides is 1. The van der Waals surface area contributed by atoms with E-state index in [0.717, 1.165) is 113 Å². The third-order valence-corrected chi connectivity index (χ3v) is 16.7. The zero-order valence-corrected chi connectivity index (χ0v) is 40.9. The topological polar surface area (TPSA) is 131 Å². The first kappa shape index (κ1) is 48.9. The highest BCUT2D eigenvalue weighted by Gasteiger charge is 2.35. The van der Waals surface area contributed by atoms with Gasteiger partial charge < -0.3 is 15.1 Å². The van der Waals surface area contributed by atoms with Gasteiger partial charge in [0.05, 0.1) is 9.82 Å². The number of likely N-dealkylation sites (tertiary alicyclic amines) is 2. The summed E-state index contributed by atoms with van der Waals surface area (Å²) in [6, 6.07) is 28.2. The van der Waals surface area contributed by atoms with Crippen molar-refractivity contribution in [1.29, 1.82) is 0 Å². The minimum Gasteiger partial charge on any atom is -0.376 e. The molecule has 3 saturated heterocycles. The van der Waals surface area contributed by atoms with Crippen molar-refractivity contribution < 1.29 is 22.5 Å². The summed E-state index contributed by atoms with van der Waals surface area (Å²) >= 11 is 7.82. The van der Waals surface area contributed by atoms with Gasteiger partial charge in [-0.3, -0.25) is 24.7 Å². The normalized spacial score (nSPS) is 21.3. The molecule has 0 aromatic heterocycles. The summed E-state index contributed by atoms with van der Waals surface area (Å²) < 4.78 is 44.7. The highest BCUT2D eigenvalue weighted by Crippen LogP contribution is 2.43. The first-order valence-corrected chi connectivity index (χ1v) is 26.5. The van der Waals surface area contributed by atoms with Gasteiger partial charge in [-0.25, -0.2) is 17.5 Å². The molecule has 2 N–H and O–H groups in total. The predicted molar refractivity (Wildman–Crippen MR) is 269 cm³/mol. The molecule has 0 saturated carbocycles. The molecule has 4 aromatic rings. The van der Waals surface area contributed by atoms with E-state index in [9.17, 15) is 23.3 Å². The fourth-order valence-corrected chi connectivity index (χ4v) is 12.2. The standard InChI is InChI=1S/C51H63ClFN7O5S2/c1-51(2)23-20-45(37-10-14-40(52)15-11-37)39(33-51)34-57-28-30-58(31-29-57)42-16-12-38(13-17-42)50(61)55-67(64,65)44-18-19-47(49(32-44)60(62)63)54-41(36-66-43-8-4-3-5-9-43)21-26-56-27-22-48(46(53)35-56)59-24-6-7-25-59/h3-5,8-19,32,41,46,48,54H,6-7,20-31,33-36H2,1-2H3,(H,55,61)/t41-,46?,48?/m1/s1. The maximum atomic E-state index is 15.4. The Bertz CT molecular complexity index is 2480. The first-order chi connectivity index (χ1) is 32.2. The molecule has 0 bridgehead atoms. The van der Waals surface area contributed by atoms with E-state index in [4.69, 9.17) is 11.6 Å². The van der Waals surface area contributed by atoms with E-state index in [1.54, 1.807) is 23.9 Å². The van der Waals surface area contributed by atoms with Crippen LogP contribution in [0.1, 0.15) is 74.7 Å². The van der Waals surface area contributed by atoms with E-state index in [1.807, 2.05) is 54.6 Å². The Morgan fingerprint density at radius 2 is 1.64 bits per heavy atom. The van der Waals surface area contributed by atoms with Crippen LogP contribution in [0.5, 0.6) is 0 Å². The van der Waals surface area contributed by atoms with Crippen molar-refractivity contribution in [3.63, 3.8) is 0 Å². The van der Waals surface area contributed by atoms with E-state index < -0.39 is 37.6 Å². The Kier molecular flexibility index (Phi) is 16.0. The van der Waals surface area contributed by atoms with Gasteiger partial charge >= 0.3 is 0 Å². The Morgan fingerprint density at radius 3 is 2.33 bits per heavy atom. The van der Waals surface area contributed by atoms with Crippen LogP contribution in [0.25, 0.3) is 5.57 Å². The van der Waals surface area contributed by atoms with Crippen LogP contribution in [-0.2, 0) is 10.0 Å². The molecule has 4 aliphatic rings. The highest BCUT2D eigenvalue weighted by atomic mass is 35.5. The van der Waals surface area contributed by atoms with Crippen LogP contribution in [0.4, 0.5) is 21.5 Å². The van der Waals surface area contributed by atoms with Gasteiger partial charge in [0.25, 0.3) is 21.6 Å². The van der Waals surface area contributed by atoms with Crippen molar-refractivity contribution in [2.75, 3.05) is 81.4 Å². The lowest BCUT2D eigenvalue weighted by Gasteiger charge is -2.39. The molecular formula is C51H63ClFN7O5S2. The number of carbonyl (C=O) groups excluding carboxylic acids is 1. The Balaban J connectivity index is 0.875. The van der Waals surface area contributed by atoms with Gasteiger partial charge in [-0.15, -0.1) is 11.8 Å². The van der Waals surface area contributed by atoms with Gasteiger partial charge in [0, 0.05) is 90.9 Å². The van der Waals surface area contributed by atoms with Gasteiger partial charge in [-0.2, -0.15) is 0 Å². The van der Waals surface area contributed by atoms with Crippen LogP contribution >= 0.6 is 23.4 Å². The van der Waals surface area contributed by atoms with Crippen molar-refractivity contribution in [2.45, 2.75) is 86.8 Å². The lowest BCUT2D eigenvalue weighted by molar-refractivity contribution is -0.384. The number of sulfonamides is 1. The number of nitrogens with zero attached hydrogens (tertiary/aromatic N) is 5. The first-order valence-electron chi connectivity index (χ1n) is 23.6. The average molecular weight is 973 g/mol. The number of halogens is 2. The summed E-state index contributed by atoms with van der Waals surface area (Å²) in [4.78, 5) is 35.1. The molecule has 3 heterocycles. The predicted octanol–water partition coefficient (Wildman–Crippen LogP) is 9.62. The van der Waals surface area contributed by atoms with E-state index in [-0.39, 0.29) is 28.7 Å². The monoisotopic (exact) mass is 971 g/mol. The molecule has 16 heteroatoms. The number of alkyl halides is 1. The number of nitro benzene ring substituents is 1. The molecule has 3 aliphatic heterocycles. The third-order valence-electron chi connectivity index (χ3n) is 13.9. The summed E-state index contributed by atoms with van der Waals surface area (Å²) in [5.74, 6) is -0.265. The number of hydrogen-bond donors (Lipinski definition) is 2. The molecule has 358 valence electrons. The van der Waals surface area contributed by atoms with Gasteiger partial charge in [0.15, 0.2) is 0 Å². The van der Waals surface area contributed by atoms with Gasteiger partial charge in [-0.05, 0) is 142 Å². The van der Waals surface area contributed by atoms with E-state index >= 15 is 4.39 Å². The second kappa shape index (κ2) is 21.8. The van der Waals surface area contributed by atoms with Crippen molar-refractivity contribution in [3.05, 3.63) is 129 Å². The molecular weight excluding hydrogens is 909 g/mol. The van der Waals surface area contributed by atoms with E-state index in [0.29, 0.717) is 25.3 Å². The molecule has 0 spiro atoms. The number of allylic oxidation sites excluding steroid dienone is 1. The summed E-state index contributed by atoms with van der Waals surface area (Å²) in [5.41, 5.74) is 5.26. The van der Waals surface area contributed by atoms with Crippen molar-refractivity contribution in [3.8, 4) is 0 Å². The van der Waals surface area contributed by atoms with E-state index in [1.165, 1.54) is 28.8 Å². The lowest BCUT2D eigenvalue weighted by atomic mass is 9.73. The van der Waals surface area contributed by atoms with Crippen LogP contribution in [0, 0.1) is 15.5 Å². The highest BCUT2D eigenvalue weighted by molar-refractivity contribution is 7.99. The molecule has 3 fully saturated rings. The molecule has 1 amide bonds. The largest absolute Gasteiger partial charge is 0.376 e. The van der Waals surface area contributed by atoms with Crippen LogP contribution in [-0.4, -0.2) is 123 Å². The smallest absolute Gasteiger partial charge is 0.293 e. The quantitative estimate of drug-likeness (QED) is 0.0596. The number of thioether (sulfide) groups is 1. The van der Waals surface area contributed by atoms with Crippen molar-refractivity contribution in [2.24, 2.45) is 5.41 Å². The number of nitrogens with one attached hydrogen (secondary N) is 2.